The van der Waals surface area contributed by atoms with E-state index in [4.69, 9.17) is 4.98 Å². The van der Waals surface area contributed by atoms with Crippen LogP contribution in [0.5, 0.6) is 0 Å². The Morgan fingerprint density at radius 3 is 2.92 bits per heavy atom. The summed E-state index contributed by atoms with van der Waals surface area (Å²) in [5.41, 5.74) is 5.01. The minimum atomic E-state index is 0.747. The summed E-state index contributed by atoms with van der Waals surface area (Å²) in [6.07, 6.45) is 4.71. The van der Waals surface area contributed by atoms with Crippen molar-refractivity contribution < 1.29 is 0 Å². The number of rotatable bonds is 4. The summed E-state index contributed by atoms with van der Waals surface area (Å²) in [6, 6.07) is 6.00. The number of thiazole rings is 1. The summed E-state index contributed by atoms with van der Waals surface area (Å²) >= 11 is 1.66. The first kappa shape index (κ1) is 17.1. The lowest BCUT2D eigenvalue weighted by Gasteiger charge is -2.23. The minimum absolute atomic E-state index is 0.747. The van der Waals surface area contributed by atoms with Crippen molar-refractivity contribution in [3.05, 3.63) is 52.9 Å². The van der Waals surface area contributed by atoms with Gasteiger partial charge >= 0.3 is 0 Å². The molecule has 1 aliphatic rings. The van der Waals surface area contributed by atoms with Crippen LogP contribution >= 0.6 is 11.3 Å². The maximum atomic E-state index is 4.82. The second-order valence-corrected chi connectivity index (χ2v) is 7.25. The number of pyridine rings is 1. The summed E-state index contributed by atoms with van der Waals surface area (Å²) < 4.78 is 0. The maximum Gasteiger partial charge on any atom is 0.163 e. The molecule has 0 amide bonds. The van der Waals surface area contributed by atoms with Crippen molar-refractivity contribution >= 4 is 17.2 Å². The van der Waals surface area contributed by atoms with E-state index in [2.05, 4.69) is 36.2 Å². The Balaban J connectivity index is 1.50. The Kier molecular flexibility index (Phi) is 5.17. The molecule has 134 valence electrons. The Morgan fingerprint density at radius 1 is 1.15 bits per heavy atom. The molecular formula is C19H22N6S. The van der Waals surface area contributed by atoms with E-state index in [1.807, 2.05) is 30.8 Å². The topological polar surface area (TPSA) is 58.0 Å². The molecule has 0 N–H and O–H groups in total. The zero-order chi connectivity index (χ0) is 17.8. The molecule has 0 atom stereocenters. The van der Waals surface area contributed by atoms with Gasteiger partial charge in [-0.15, -0.1) is 11.3 Å². The van der Waals surface area contributed by atoms with Crippen LogP contribution in [0.3, 0.4) is 0 Å². The lowest BCUT2D eigenvalue weighted by molar-refractivity contribution is 0.282. The molecule has 4 heterocycles. The number of nitrogens with zero attached hydrogens (tertiary/aromatic N) is 6. The molecule has 6 nitrogen and oxygen atoms in total. The molecular weight excluding hydrogens is 344 g/mol. The average Bonchev–Trinajstić information content (AvgIpc) is 3.06. The molecule has 0 unspecified atom stereocenters. The third-order valence-electron chi connectivity index (χ3n) is 4.54. The monoisotopic (exact) mass is 366 g/mol. The fraction of sp³-hybridized carbons (Fsp3) is 0.368. The molecule has 7 heteroatoms. The maximum absolute atomic E-state index is 4.82. The van der Waals surface area contributed by atoms with E-state index in [1.54, 1.807) is 17.5 Å². The van der Waals surface area contributed by atoms with Crippen LogP contribution in [0, 0.1) is 6.92 Å². The summed E-state index contributed by atoms with van der Waals surface area (Å²) in [6.45, 7) is 7.04. The number of aromatic nitrogens is 4. The SMILES string of the molecule is Cc1cc(N2CCCN(Cc3cscn3)CC2)nc(-c2cccnc2)n1. The van der Waals surface area contributed by atoms with Crippen molar-refractivity contribution in [3.63, 3.8) is 0 Å². The number of hydrogen-bond acceptors (Lipinski definition) is 7. The van der Waals surface area contributed by atoms with Gasteiger partial charge < -0.3 is 4.90 Å². The molecule has 3 aromatic heterocycles. The van der Waals surface area contributed by atoms with Gasteiger partial charge in [0.2, 0.25) is 0 Å². The highest BCUT2D eigenvalue weighted by molar-refractivity contribution is 7.07. The van der Waals surface area contributed by atoms with Crippen molar-refractivity contribution in [2.45, 2.75) is 19.9 Å². The molecule has 1 aliphatic heterocycles. The standard InChI is InChI=1S/C19H22N6S/c1-15-10-18(23-19(22-15)16-4-2-5-20-11-16)25-7-3-6-24(8-9-25)12-17-13-26-14-21-17/h2,4-5,10-11,13-14H,3,6-9,12H2,1H3. The first-order chi connectivity index (χ1) is 12.8. The predicted molar refractivity (Wildman–Crippen MR) is 104 cm³/mol. The Hall–Kier alpha value is -2.38. The van der Waals surface area contributed by atoms with Gasteiger partial charge in [0.05, 0.1) is 11.2 Å². The smallest absolute Gasteiger partial charge is 0.163 e. The molecule has 4 rings (SSSR count). The predicted octanol–water partition coefficient (Wildman–Crippen LogP) is 3.02. The first-order valence-electron chi connectivity index (χ1n) is 8.88. The van der Waals surface area contributed by atoms with E-state index in [0.717, 1.165) is 62.0 Å². The third kappa shape index (κ3) is 4.05. The van der Waals surface area contributed by atoms with Crippen LogP contribution in [0.25, 0.3) is 11.4 Å². The van der Waals surface area contributed by atoms with Crippen LogP contribution in [0.1, 0.15) is 17.8 Å². The van der Waals surface area contributed by atoms with E-state index >= 15 is 0 Å². The quantitative estimate of drug-likeness (QED) is 0.707. The highest BCUT2D eigenvalue weighted by Crippen LogP contribution is 2.21. The van der Waals surface area contributed by atoms with Gasteiger partial charge in [-0.25, -0.2) is 15.0 Å². The molecule has 0 aromatic carbocycles. The van der Waals surface area contributed by atoms with Crippen molar-refractivity contribution in [1.82, 2.24) is 24.8 Å². The third-order valence-corrected chi connectivity index (χ3v) is 5.18. The second kappa shape index (κ2) is 7.88. The van der Waals surface area contributed by atoms with E-state index < -0.39 is 0 Å². The number of anilines is 1. The normalized spacial score (nSPS) is 15.8. The van der Waals surface area contributed by atoms with Gasteiger partial charge in [-0.05, 0) is 25.5 Å². The Bertz CT molecular complexity index is 837. The fourth-order valence-corrected chi connectivity index (χ4v) is 3.79. The molecule has 0 aliphatic carbocycles. The van der Waals surface area contributed by atoms with Crippen LogP contribution in [-0.4, -0.2) is 51.0 Å². The van der Waals surface area contributed by atoms with E-state index in [9.17, 15) is 0 Å². The molecule has 0 radical (unpaired) electrons. The molecule has 1 fully saturated rings. The van der Waals surface area contributed by atoms with Gasteiger partial charge in [-0.3, -0.25) is 9.88 Å². The van der Waals surface area contributed by atoms with Crippen molar-refractivity contribution in [3.8, 4) is 11.4 Å². The van der Waals surface area contributed by atoms with Gasteiger partial charge in [0.25, 0.3) is 0 Å². The molecule has 0 spiro atoms. The van der Waals surface area contributed by atoms with Crippen molar-refractivity contribution in [2.24, 2.45) is 0 Å². The van der Waals surface area contributed by atoms with Crippen LogP contribution in [0.2, 0.25) is 0 Å². The Morgan fingerprint density at radius 2 is 2.12 bits per heavy atom. The number of aryl methyl sites for hydroxylation is 1. The van der Waals surface area contributed by atoms with E-state index in [1.165, 1.54) is 5.69 Å². The largest absolute Gasteiger partial charge is 0.355 e. The summed E-state index contributed by atoms with van der Waals surface area (Å²) in [7, 11) is 0. The van der Waals surface area contributed by atoms with Crippen LogP contribution in [0.4, 0.5) is 5.82 Å². The van der Waals surface area contributed by atoms with E-state index in [0.29, 0.717) is 0 Å². The van der Waals surface area contributed by atoms with Gasteiger partial charge in [0.1, 0.15) is 5.82 Å². The van der Waals surface area contributed by atoms with Gasteiger partial charge in [-0.2, -0.15) is 0 Å². The summed E-state index contributed by atoms with van der Waals surface area (Å²) in [5, 5.41) is 2.14. The van der Waals surface area contributed by atoms with E-state index in [-0.39, 0.29) is 0 Å². The number of hydrogen-bond donors (Lipinski definition) is 0. The zero-order valence-electron chi connectivity index (χ0n) is 14.9. The Labute approximate surface area is 157 Å². The molecule has 0 bridgehead atoms. The van der Waals surface area contributed by atoms with Gasteiger partial charge in [-0.1, -0.05) is 0 Å². The highest BCUT2D eigenvalue weighted by atomic mass is 32.1. The second-order valence-electron chi connectivity index (χ2n) is 6.53. The van der Waals surface area contributed by atoms with Crippen LogP contribution in [0.15, 0.2) is 41.5 Å². The molecule has 26 heavy (non-hydrogen) atoms. The van der Waals surface area contributed by atoms with Gasteiger partial charge in [0, 0.05) is 67.8 Å². The van der Waals surface area contributed by atoms with Gasteiger partial charge in [0.15, 0.2) is 5.82 Å². The lowest BCUT2D eigenvalue weighted by atomic mass is 10.2. The van der Waals surface area contributed by atoms with Crippen molar-refractivity contribution in [2.75, 3.05) is 31.1 Å². The molecule has 3 aromatic rings. The highest BCUT2D eigenvalue weighted by Gasteiger charge is 2.18. The summed E-state index contributed by atoms with van der Waals surface area (Å²) in [5.74, 6) is 1.75. The first-order valence-corrected chi connectivity index (χ1v) is 9.83. The van der Waals surface area contributed by atoms with Crippen LogP contribution < -0.4 is 4.90 Å². The minimum Gasteiger partial charge on any atom is -0.355 e. The molecule has 1 saturated heterocycles. The average molecular weight is 366 g/mol. The van der Waals surface area contributed by atoms with Crippen molar-refractivity contribution in [1.29, 1.82) is 0 Å². The molecule has 0 saturated carbocycles. The fourth-order valence-electron chi connectivity index (χ4n) is 3.24. The lowest BCUT2D eigenvalue weighted by Crippen LogP contribution is -2.31. The zero-order valence-corrected chi connectivity index (χ0v) is 15.7. The summed E-state index contributed by atoms with van der Waals surface area (Å²) in [4.78, 5) is 22.9. The van der Waals surface area contributed by atoms with Crippen LogP contribution in [-0.2, 0) is 6.54 Å².